The van der Waals surface area contributed by atoms with E-state index < -0.39 is 5.92 Å². The molecule has 0 aliphatic rings. The largest absolute Gasteiger partial charge is 0.466 e. The highest BCUT2D eigenvalue weighted by Crippen LogP contribution is 2.06. The Kier molecular flexibility index (Phi) is 6.70. The Morgan fingerprint density at radius 3 is 2.75 bits per heavy atom. The van der Waals surface area contributed by atoms with E-state index in [2.05, 4.69) is 0 Å². The fourth-order valence-corrected chi connectivity index (χ4v) is 0.908. The fourth-order valence-electron chi connectivity index (χ4n) is 0.908. The molecule has 12 heavy (non-hydrogen) atoms. The molecule has 4 heteroatoms. The number of ether oxygens (including phenoxy) is 1. The smallest absolute Gasteiger partial charge is 0.311 e. The van der Waals surface area contributed by atoms with Crippen LogP contribution in [0.2, 0.25) is 0 Å². The van der Waals surface area contributed by atoms with Crippen LogP contribution in [0.25, 0.3) is 0 Å². The Morgan fingerprint density at radius 1 is 1.67 bits per heavy atom. The van der Waals surface area contributed by atoms with Crippen molar-refractivity contribution >= 4 is 5.97 Å². The van der Waals surface area contributed by atoms with Crippen molar-refractivity contribution in [1.29, 1.82) is 0 Å². The molecule has 4 nitrogen and oxygen atoms in total. The predicted octanol–water partition coefficient (Wildman–Crippen LogP) is -0.103. The van der Waals surface area contributed by atoms with Crippen LogP contribution in [0.1, 0.15) is 19.8 Å². The number of rotatable bonds is 6. The van der Waals surface area contributed by atoms with Gasteiger partial charge in [0, 0.05) is 0 Å². The third-order valence-electron chi connectivity index (χ3n) is 1.60. The lowest BCUT2D eigenvalue weighted by Crippen LogP contribution is -2.22. The normalized spacial score (nSPS) is 12.6. The summed E-state index contributed by atoms with van der Waals surface area (Å²) in [5.74, 6) is -0.720. The third-order valence-corrected chi connectivity index (χ3v) is 1.60. The number of esters is 1. The van der Waals surface area contributed by atoms with Crippen molar-refractivity contribution in [1.82, 2.24) is 0 Å². The van der Waals surface area contributed by atoms with Gasteiger partial charge in [0.2, 0.25) is 0 Å². The van der Waals surface area contributed by atoms with Gasteiger partial charge in [0.15, 0.2) is 0 Å². The van der Waals surface area contributed by atoms with E-state index in [1.54, 1.807) is 6.92 Å². The molecular formula is C8H17NO3. The van der Waals surface area contributed by atoms with E-state index in [0.717, 1.165) is 6.42 Å². The van der Waals surface area contributed by atoms with Gasteiger partial charge in [0.05, 0.1) is 19.1 Å². The molecule has 72 valence electrons. The summed E-state index contributed by atoms with van der Waals surface area (Å²) in [6.45, 7) is 2.49. The quantitative estimate of drug-likeness (QED) is 0.553. The first kappa shape index (κ1) is 11.4. The van der Waals surface area contributed by atoms with Gasteiger partial charge in [0.25, 0.3) is 0 Å². The van der Waals surface area contributed by atoms with Gasteiger partial charge in [-0.1, -0.05) is 0 Å². The summed E-state index contributed by atoms with van der Waals surface area (Å²) in [6, 6.07) is 0. The highest BCUT2D eigenvalue weighted by atomic mass is 16.5. The van der Waals surface area contributed by atoms with Gasteiger partial charge in [0.1, 0.15) is 0 Å². The molecule has 0 aromatic heterocycles. The molecule has 0 bridgehead atoms. The SMILES string of the molecule is CCOC(=O)C(CO)CCCN. The average Bonchev–Trinajstić information content (AvgIpc) is 2.06. The summed E-state index contributed by atoms with van der Waals surface area (Å²) in [4.78, 5) is 11.1. The fraction of sp³-hybridized carbons (Fsp3) is 0.875. The molecule has 0 aliphatic carbocycles. The average molecular weight is 175 g/mol. The van der Waals surface area contributed by atoms with Gasteiger partial charge in [-0.05, 0) is 26.3 Å². The van der Waals surface area contributed by atoms with Crippen molar-refractivity contribution in [2.75, 3.05) is 19.8 Å². The number of hydrogen-bond acceptors (Lipinski definition) is 4. The van der Waals surface area contributed by atoms with Crippen LogP contribution in [0.5, 0.6) is 0 Å². The zero-order valence-electron chi connectivity index (χ0n) is 7.45. The van der Waals surface area contributed by atoms with Crippen LogP contribution in [-0.2, 0) is 9.53 Å². The molecule has 0 amide bonds. The van der Waals surface area contributed by atoms with Crippen molar-refractivity contribution in [3.05, 3.63) is 0 Å². The van der Waals surface area contributed by atoms with Crippen molar-refractivity contribution in [2.24, 2.45) is 11.7 Å². The highest BCUT2D eigenvalue weighted by molar-refractivity contribution is 5.72. The monoisotopic (exact) mass is 175 g/mol. The zero-order chi connectivity index (χ0) is 9.40. The zero-order valence-corrected chi connectivity index (χ0v) is 7.45. The van der Waals surface area contributed by atoms with Gasteiger partial charge in [-0.3, -0.25) is 4.79 Å². The molecule has 0 heterocycles. The number of carbonyl (C=O) groups is 1. The van der Waals surface area contributed by atoms with E-state index in [0.29, 0.717) is 19.6 Å². The van der Waals surface area contributed by atoms with Crippen LogP contribution in [0.3, 0.4) is 0 Å². The van der Waals surface area contributed by atoms with Crippen LogP contribution in [0, 0.1) is 5.92 Å². The maximum absolute atomic E-state index is 11.1. The number of nitrogens with two attached hydrogens (primary N) is 1. The summed E-state index contributed by atoms with van der Waals surface area (Å²) in [6.07, 6.45) is 1.34. The van der Waals surface area contributed by atoms with Gasteiger partial charge >= 0.3 is 5.97 Å². The molecule has 0 saturated carbocycles. The van der Waals surface area contributed by atoms with Gasteiger partial charge < -0.3 is 15.6 Å². The van der Waals surface area contributed by atoms with E-state index in [1.165, 1.54) is 0 Å². The number of carbonyl (C=O) groups excluding carboxylic acids is 1. The Hall–Kier alpha value is -0.610. The van der Waals surface area contributed by atoms with Crippen LogP contribution < -0.4 is 5.73 Å². The second-order valence-corrected chi connectivity index (χ2v) is 2.56. The topological polar surface area (TPSA) is 72.5 Å². The standard InChI is InChI=1S/C8H17NO3/c1-2-12-8(11)7(6-10)4-3-5-9/h7,10H,2-6,9H2,1H3. The maximum Gasteiger partial charge on any atom is 0.311 e. The Bertz CT molecular complexity index is 127. The Balaban J connectivity index is 3.71. The van der Waals surface area contributed by atoms with Gasteiger partial charge in [-0.25, -0.2) is 0 Å². The molecule has 1 atom stereocenters. The van der Waals surface area contributed by atoms with Gasteiger partial charge in [-0.15, -0.1) is 0 Å². The number of aliphatic hydroxyl groups is 1. The minimum atomic E-state index is -0.395. The summed E-state index contributed by atoms with van der Waals surface area (Å²) in [7, 11) is 0. The molecule has 0 rings (SSSR count). The predicted molar refractivity (Wildman–Crippen MR) is 45.5 cm³/mol. The summed E-state index contributed by atoms with van der Waals surface area (Å²) < 4.78 is 4.75. The lowest BCUT2D eigenvalue weighted by molar-refractivity contribution is -0.149. The van der Waals surface area contributed by atoms with Crippen molar-refractivity contribution < 1.29 is 14.6 Å². The first-order valence-corrected chi connectivity index (χ1v) is 4.23. The van der Waals surface area contributed by atoms with E-state index in [4.69, 9.17) is 15.6 Å². The molecule has 0 aliphatic heterocycles. The molecule has 1 unspecified atom stereocenters. The maximum atomic E-state index is 11.1. The lowest BCUT2D eigenvalue weighted by Gasteiger charge is -2.11. The van der Waals surface area contributed by atoms with Crippen molar-refractivity contribution in [2.45, 2.75) is 19.8 Å². The van der Waals surface area contributed by atoms with Crippen LogP contribution in [-0.4, -0.2) is 30.8 Å². The molecule has 0 fully saturated rings. The second kappa shape index (κ2) is 7.06. The number of aliphatic hydroxyl groups excluding tert-OH is 1. The molecule has 0 saturated heterocycles. The summed E-state index contributed by atoms with van der Waals surface area (Å²) in [5, 5.41) is 8.81. The molecule has 0 radical (unpaired) electrons. The van der Waals surface area contributed by atoms with E-state index in [-0.39, 0.29) is 12.6 Å². The van der Waals surface area contributed by atoms with Crippen LogP contribution in [0.4, 0.5) is 0 Å². The summed E-state index contributed by atoms with van der Waals surface area (Å²) >= 11 is 0. The first-order valence-electron chi connectivity index (χ1n) is 4.23. The van der Waals surface area contributed by atoms with Crippen molar-refractivity contribution in [3.8, 4) is 0 Å². The number of hydrogen-bond donors (Lipinski definition) is 2. The van der Waals surface area contributed by atoms with E-state index >= 15 is 0 Å². The molecule has 0 aromatic rings. The molecule has 0 spiro atoms. The molecule has 0 aromatic carbocycles. The van der Waals surface area contributed by atoms with E-state index in [9.17, 15) is 4.79 Å². The first-order chi connectivity index (χ1) is 5.76. The lowest BCUT2D eigenvalue weighted by atomic mass is 10.1. The Morgan fingerprint density at radius 2 is 2.33 bits per heavy atom. The second-order valence-electron chi connectivity index (χ2n) is 2.56. The van der Waals surface area contributed by atoms with Crippen LogP contribution in [0.15, 0.2) is 0 Å². The molecular weight excluding hydrogens is 158 g/mol. The van der Waals surface area contributed by atoms with Gasteiger partial charge in [-0.2, -0.15) is 0 Å². The highest BCUT2D eigenvalue weighted by Gasteiger charge is 2.17. The minimum absolute atomic E-state index is 0.154. The Labute approximate surface area is 72.7 Å². The minimum Gasteiger partial charge on any atom is -0.466 e. The third kappa shape index (κ3) is 4.31. The van der Waals surface area contributed by atoms with Crippen molar-refractivity contribution in [3.63, 3.8) is 0 Å². The van der Waals surface area contributed by atoms with E-state index in [1.807, 2.05) is 0 Å². The van der Waals surface area contributed by atoms with Crippen LogP contribution >= 0.6 is 0 Å². The summed E-state index contributed by atoms with van der Waals surface area (Å²) in [5.41, 5.74) is 5.27. The molecule has 3 N–H and O–H groups in total.